The van der Waals surface area contributed by atoms with E-state index in [-0.39, 0.29) is 5.76 Å². The molecule has 4 rings (SSSR count). The Kier molecular flexibility index (Phi) is 4.97. The molecule has 26 heavy (non-hydrogen) atoms. The third-order valence-electron chi connectivity index (χ3n) is 6.88. The predicted octanol–water partition coefficient (Wildman–Crippen LogP) is 5.50. The molecule has 0 saturated heterocycles. The Morgan fingerprint density at radius 2 is 1.62 bits per heavy atom. The predicted molar refractivity (Wildman–Crippen MR) is 102 cm³/mol. The van der Waals surface area contributed by atoms with Crippen molar-refractivity contribution in [2.45, 2.75) is 64.2 Å². The Hall–Kier alpha value is -1.90. The van der Waals surface area contributed by atoms with Crippen molar-refractivity contribution in [3.05, 3.63) is 41.0 Å². The van der Waals surface area contributed by atoms with Gasteiger partial charge < -0.3 is 5.11 Å². The van der Waals surface area contributed by atoms with Gasteiger partial charge in [-0.2, -0.15) is 0 Å². The van der Waals surface area contributed by atoms with Gasteiger partial charge in [-0.15, -0.1) is 0 Å². The van der Waals surface area contributed by atoms with Crippen LogP contribution < -0.4 is 0 Å². The molecule has 3 atom stereocenters. The van der Waals surface area contributed by atoms with Gasteiger partial charge in [-0.25, -0.2) is 0 Å². The Morgan fingerprint density at radius 3 is 2.42 bits per heavy atom. The summed E-state index contributed by atoms with van der Waals surface area (Å²) in [6.45, 7) is 0. The number of carbonyl (C=O) groups excluding carboxylic acids is 2. The minimum atomic E-state index is -0.516. The van der Waals surface area contributed by atoms with Gasteiger partial charge in [0.25, 0.3) is 0 Å². The zero-order chi connectivity index (χ0) is 18.1. The summed E-state index contributed by atoms with van der Waals surface area (Å²) in [6, 6.07) is 6.85. The van der Waals surface area contributed by atoms with Crippen molar-refractivity contribution in [1.29, 1.82) is 0 Å². The second-order valence-corrected chi connectivity index (χ2v) is 8.41. The van der Waals surface area contributed by atoms with Crippen LogP contribution in [0.25, 0.3) is 5.76 Å². The molecule has 0 radical (unpaired) electrons. The number of fused-ring (bicyclic) bond motifs is 2. The van der Waals surface area contributed by atoms with Crippen LogP contribution in [0.3, 0.4) is 0 Å². The molecule has 3 aliphatic carbocycles. The third kappa shape index (κ3) is 3.24. The average Bonchev–Trinajstić information content (AvgIpc) is 2.69. The molecule has 0 heterocycles. The molecular formula is C23H28O3. The van der Waals surface area contributed by atoms with E-state index in [4.69, 9.17) is 0 Å². The molecule has 0 bridgehead atoms. The van der Waals surface area contributed by atoms with E-state index >= 15 is 0 Å². The highest BCUT2D eigenvalue weighted by molar-refractivity contribution is 6.52. The molecule has 3 nitrogen and oxygen atoms in total. The van der Waals surface area contributed by atoms with Crippen molar-refractivity contribution < 1.29 is 14.7 Å². The van der Waals surface area contributed by atoms with Gasteiger partial charge in [-0.3, -0.25) is 9.59 Å². The first-order chi connectivity index (χ1) is 12.6. The molecule has 138 valence electrons. The third-order valence-corrected chi connectivity index (χ3v) is 6.88. The summed E-state index contributed by atoms with van der Waals surface area (Å²) >= 11 is 0. The van der Waals surface area contributed by atoms with Crippen LogP contribution in [-0.4, -0.2) is 16.7 Å². The summed E-state index contributed by atoms with van der Waals surface area (Å²) in [4.78, 5) is 24.7. The first kappa shape index (κ1) is 17.5. The fourth-order valence-electron chi connectivity index (χ4n) is 5.45. The molecule has 2 saturated carbocycles. The zero-order valence-corrected chi connectivity index (χ0v) is 15.4. The van der Waals surface area contributed by atoms with Gasteiger partial charge in [-0.05, 0) is 43.4 Å². The quantitative estimate of drug-likeness (QED) is 0.728. The van der Waals surface area contributed by atoms with E-state index in [1.54, 1.807) is 24.3 Å². The van der Waals surface area contributed by atoms with Gasteiger partial charge in [0.2, 0.25) is 11.6 Å². The number of aliphatic hydroxyl groups is 1. The number of ketones is 2. The second-order valence-electron chi connectivity index (χ2n) is 8.41. The van der Waals surface area contributed by atoms with E-state index in [2.05, 4.69) is 0 Å². The minimum absolute atomic E-state index is 0.0150. The molecule has 3 aliphatic rings. The van der Waals surface area contributed by atoms with Gasteiger partial charge in [0, 0.05) is 16.7 Å². The number of rotatable bonds is 4. The van der Waals surface area contributed by atoms with Crippen LogP contribution in [-0.2, 0) is 4.79 Å². The summed E-state index contributed by atoms with van der Waals surface area (Å²) in [5.41, 5.74) is 1.16. The van der Waals surface area contributed by atoms with Crippen LogP contribution in [0.4, 0.5) is 0 Å². The largest absolute Gasteiger partial charge is 0.507 e. The number of benzene rings is 1. The lowest BCUT2D eigenvalue weighted by molar-refractivity contribution is -0.112. The van der Waals surface area contributed by atoms with E-state index < -0.39 is 11.6 Å². The monoisotopic (exact) mass is 352 g/mol. The van der Waals surface area contributed by atoms with Crippen LogP contribution in [0.1, 0.15) is 80.1 Å². The van der Waals surface area contributed by atoms with E-state index in [1.165, 1.54) is 44.9 Å². The Bertz CT molecular complexity index is 746. The fourth-order valence-corrected chi connectivity index (χ4v) is 5.45. The van der Waals surface area contributed by atoms with Crippen molar-refractivity contribution in [3.8, 4) is 0 Å². The average molecular weight is 352 g/mol. The molecule has 0 aromatic heterocycles. The number of carbonyl (C=O) groups is 2. The maximum Gasteiger partial charge on any atom is 0.234 e. The Labute approximate surface area is 155 Å². The van der Waals surface area contributed by atoms with Gasteiger partial charge >= 0.3 is 0 Å². The fraction of sp³-hybridized carbons (Fsp3) is 0.565. The molecule has 1 aromatic rings. The Morgan fingerprint density at radius 1 is 0.885 bits per heavy atom. The van der Waals surface area contributed by atoms with Gasteiger partial charge in [0.15, 0.2) is 0 Å². The smallest absolute Gasteiger partial charge is 0.234 e. The zero-order valence-electron chi connectivity index (χ0n) is 15.4. The molecule has 0 aliphatic heterocycles. The molecule has 3 heteroatoms. The molecule has 0 unspecified atom stereocenters. The van der Waals surface area contributed by atoms with Crippen molar-refractivity contribution in [3.63, 3.8) is 0 Å². The standard InChI is InChI=1S/C23H28O3/c24-21-18-9-3-4-10-19(18)22(25)23(26)20(21)11-5-6-15-12-13-16-7-1-2-8-17(16)14-15/h3-4,9-10,15-17,24H,1-2,5-8,11-14H2/t15-,16+,17+/m0/s1. The number of Topliss-reactive ketones (excluding diaryl/α,β-unsaturated/α-hetero) is 2. The van der Waals surface area contributed by atoms with E-state index in [1.807, 2.05) is 0 Å². The lowest BCUT2D eigenvalue weighted by atomic mass is 9.66. The van der Waals surface area contributed by atoms with Crippen molar-refractivity contribution in [2.24, 2.45) is 17.8 Å². The van der Waals surface area contributed by atoms with Crippen molar-refractivity contribution >= 4 is 17.3 Å². The van der Waals surface area contributed by atoms with E-state index in [0.717, 1.165) is 30.6 Å². The summed E-state index contributed by atoms with van der Waals surface area (Å²) in [5, 5.41) is 10.5. The summed E-state index contributed by atoms with van der Waals surface area (Å²) in [7, 11) is 0. The highest BCUT2D eigenvalue weighted by atomic mass is 16.3. The summed E-state index contributed by atoms with van der Waals surface area (Å²) < 4.78 is 0. The first-order valence-corrected chi connectivity index (χ1v) is 10.3. The molecular weight excluding hydrogens is 324 g/mol. The Balaban J connectivity index is 1.39. The minimum Gasteiger partial charge on any atom is -0.507 e. The first-order valence-electron chi connectivity index (χ1n) is 10.3. The molecule has 2 fully saturated rings. The van der Waals surface area contributed by atoms with Crippen molar-refractivity contribution in [1.82, 2.24) is 0 Å². The van der Waals surface area contributed by atoms with Gasteiger partial charge in [0.05, 0.1) is 0 Å². The highest BCUT2D eigenvalue weighted by Gasteiger charge is 2.34. The normalized spacial score (nSPS) is 28.7. The maximum atomic E-state index is 12.4. The summed E-state index contributed by atoms with van der Waals surface area (Å²) in [6.07, 6.45) is 12.1. The number of hydrogen-bond acceptors (Lipinski definition) is 3. The topological polar surface area (TPSA) is 54.4 Å². The van der Waals surface area contributed by atoms with Gasteiger partial charge in [-0.1, -0.05) is 62.8 Å². The lowest BCUT2D eigenvalue weighted by Crippen LogP contribution is -2.28. The van der Waals surface area contributed by atoms with Crippen LogP contribution >= 0.6 is 0 Å². The van der Waals surface area contributed by atoms with Crippen LogP contribution in [0, 0.1) is 17.8 Å². The second kappa shape index (κ2) is 7.38. The summed E-state index contributed by atoms with van der Waals surface area (Å²) in [5.74, 6) is 1.65. The molecule has 0 spiro atoms. The SMILES string of the molecule is O=C1C(=O)c2ccccc2C(O)=C1CCC[C@H]1CC[C@H]2CCCC[C@@H]2C1. The van der Waals surface area contributed by atoms with Crippen LogP contribution in [0.5, 0.6) is 0 Å². The molecule has 1 N–H and O–H groups in total. The van der Waals surface area contributed by atoms with E-state index in [9.17, 15) is 14.7 Å². The van der Waals surface area contributed by atoms with Gasteiger partial charge in [0.1, 0.15) is 5.76 Å². The lowest BCUT2D eigenvalue weighted by Gasteiger charge is -2.39. The number of allylic oxidation sites excluding steroid dienone is 1. The maximum absolute atomic E-state index is 12.4. The molecule has 1 aromatic carbocycles. The molecule has 0 amide bonds. The van der Waals surface area contributed by atoms with Crippen molar-refractivity contribution in [2.75, 3.05) is 0 Å². The van der Waals surface area contributed by atoms with Crippen LogP contribution in [0.15, 0.2) is 29.8 Å². The number of aliphatic hydroxyl groups excluding tert-OH is 1. The van der Waals surface area contributed by atoms with E-state index in [0.29, 0.717) is 23.1 Å². The van der Waals surface area contributed by atoms with Crippen LogP contribution in [0.2, 0.25) is 0 Å². The number of hydrogen-bond donors (Lipinski definition) is 1. The highest BCUT2D eigenvalue weighted by Crippen LogP contribution is 2.44.